The van der Waals surface area contributed by atoms with Gasteiger partial charge in [-0.3, -0.25) is 10.2 Å². The van der Waals surface area contributed by atoms with Gasteiger partial charge in [-0.25, -0.2) is 5.43 Å². The van der Waals surface area contributed by atoms with Crippen LogP contribution in [0.5, 0.6) is 0 Å². The fraction of sp³-hybridized carbons (Fsp3) is 0.412. The van der Waals surface area contributed by atoms with Crippen molar-refractivity contribution in [3.05, 3.63) is 108 Å². The molecule has 42 heavy (non-hydrogen) atoms. The molecule has 3 aromatic rings. The zero-order valence-electron chi connectivity index (χ0n) is 25.4. The minimum Gasteiger partial charge on any atom is -0.311 e. The first-order chi connectivity index (χ1) is 20.4. The van der Waals surface area contributed by atoms with Crippen LogP contribution in [-0.4, -0.2) is 35.6 Å². The second-order valence-electron chi connectivity index (χ2n) is 10.9. The maximum Gasteiger partial charge on any atom is 0.273 e. The fourth-order valence-corrected chi connectivity index (χ4v) is 6.17. The third-order valence-electron chi connectivity index (χ3n) is 7.42. The lowest BCUT2D eigenvalue weighted by Gasteiger charge is -2.40. The van der Waals surface area contributed by atoms with Crippen molar-refractivity contribution in [2.45, 2.75) is 77.4 Å². The lowest BCUT2D eigenvalue weighted by atomic mass is 9.77. The summed E-state index contributed by atoms with van der Waals surface area (Å²) < 4.78 is 6.47. The third-order valence-corrected chi connectivity index (χ3v) is 9.20. The normalized spacial score (nSPS) is 12.2. The van der Waals surface area contributed by atoms with Gasteiger partial charge in [0.1, 0.15) is 24.2 Å². The van der Waals surface area contributed by atoms with Crippen molar-refractivity contribution in [3.8, 4) is 6.07 Å². The van der Waals surface area contributed by atoms with Gasteiger partial charge in [0.15, 0.2) is 0 Å². The van der Waals surface area contributed by atoms with Crippen molar-refractivity contribution < 1.29 is 18.6 Å². The van der Waals surface area contributed by atoms with Gasteiger partial charge in [0, 0.05) is 6.42 Å². The molecule has 1 unspecified atom stereocenters. The first-order valence-electron chi connectivity index (χ1n) is 14.9. The number of benzene rings is 3. The van der Waals surface area contributed by atoms with Gasteiger partial charge in [0.05, 0.1) is 19.1 Å². The van der Waals surface area contributed by atoms with Crippen LogP contribution in [0.3, 0.4) is 0 Å². The summed E-state index contributed by atoms with van der Waals surface area (Å²) in [5.41, 5.74) is 8.83. The van der Waals surface area contributed by atoms with E-state index in [0.29, 0.717) is 30.5 Å². The molecule has 0 aromatic heterocycles. The molecule has 1 amide bonds. The number of amides is 1. The van der Waals surface area contributed by atoms with Gasteiger partial charge in [-0.2, -0.15) is 10.1 Å². The maximum atomic E-state index is 13.0. The van der Waals surface area contributed by atoms with Crippen LogP contribution in [0.25, 0.3) is 0 Å². The van der Waals surface area contributed by atoms with E-state index in [0.717, 1.165) is 36.0 Å². The summed E-state index contributed by atoms with van der Waals surface area (Å²) in [5, 5.41) is 8.91. The smallest absolute Gasteiger partial charge is 0.273 e. The number of hydrogen-bond acceptors (Lipinski definition) is 5. The van der Waals surface area contributed by atoms with E-state index in [2.05, 4.69) is 81.0 Å². The second kappa shape index (κ2) is 17.1. The van der Waals surface area contributed by atoms with Crippen LogP contribution >= 0.6 is 8.96 Å². The summed E-state index contributed by atoms with van der Waals surface area (Å²) in [4.78, 5) is 19.2. The minimum atomic E-state index is -0.749. The van der Waals surface area contributed by atoms with Crippen molar-refractivity contribution in [2.75, 3.05) is 13.2 Å². The van der Waals surface area contributed by atoms with Crippen LogP contribution in [0.4, 0.5) is 0 Å². The summed E-state index contributed by atoms with van der Waals surface area (Å²) in [6.07, 6.45) is 3.30. The average molecular weight is 590 g/mol. The van der Waals surface area contributed by atoms with E-state index < -0.39 is 5.54 Å². The highest BCUT2D eigenvalue weighted by atomic mass is 31.1. The summed E-state index contributed by atoms with van der Waals surface area (Å²) in [6, 6.07) is 33.2. The molecule has 0 heterocycles. The summed E-state index contributed by atoms with van der Waals surface area (Å²) in [6.45, 7) is 9.49. The standard InChI is InChI=1S/C34H45N4O3P/c1-28(2)38(29(3)4,40-26-17-25-35)42-41-27-16-8-15-24-33(39)36-37-34(30-18-9-5-10-19-30,31-20-11-6-12-21-31)32-22-13-7-14-23-32/h5-7,9-14,18-23,28-29,37,42H,8,15-17,24,26-27H2,1-4H3/p+1. The number of rotatable bonds is 18. The maximum absolute atomic E-state index is 13.0. The fourth-order valence-electron chi connectivity index (χ4n) is 5.16. The molecular weight excluding hydrogens is 543 g/mol. The van der Waals surface area contributed by atoms with E-state index in [1.165, 1.54) is 0 Å². The molecule has 224 valence electrons. The molecule has 0 aliphatic carbocycles. The Hall–Kier alpha value is -3.11. The van der Waals surface area contributed by atoms with Gasteiger partial charge in [0.2, 0.25) is 5.91 Å². The highest BCUT2D eigenvalue weighted by Crippen LogP contribution is 2.39. The first-order valence-corrected chi connectivity index (χ1v) is 15.7. The zero-order chi connectivity index (χ0) is 30.3. The van der Waals surface area contributed by atoms with E-state index >= 15 is 0 Å². The van der Waals surface area contributed by atoms with Crippen molar-refractivity contribution in [2.24, 2.45) is 0 Å². The number of nitrogens with one attached hydrogen (secondary N) is 2. The molecule has 0 bridgehead atoms. The van der Waals surface area contributed by atoms with Crippen molar-refractivity contribution >= 4 is 14.9 Å². The quantitative estimate of drug-likeness (QED) is 0.0712. The molecule has 0 saturated heterocycles. The van der Waals surface area contributed by atoms with Crippen LogP contribution in [-0.2, 0) is 19.7 Å². The Bertz CT molecular complexity index is 1130. The molecule has 0 aliphatic heterocycles. The second-order valence-corrected chi connectivity index (χ2v) is 12.1. The Morgan fingerprint density at radius 2 is 1.31 bits per heavy atom. The Kier molecular flexibility index (Phi) is 13.6. The number of carbonyl (C=O) groups is 1. The summed E-state index contributed by atoms with van der Waals surface area (Å²) in [5.74, 6) is -0.0499. The predicted molar refractivity (Wildman–Crippen MR) is 170 cm³/mol. The number of unbranched alkanes of at least 4 members (excludes halogenated alkanes) is 2. The van der Waals surface area contributed by atoms with Crippen LogP contribution in [0.2, 0.25) is 0 Å². The third kappa shape index (κ3) is 8.70. The summed E-state index contributed by atoms with van der Waals surface area (Å²) in [7, 11) is 0.141. The monoisotopic (exact) mass is 589 g/mol. The number of hydrogen-bond donors (Lipinski definition) is 2. The van der Waals surface area contributed by atoms with Crippen LogP contribution < -0.4 is 10.9 Å². The molecule has 0 radical (unpaired) electrons. The van der Waals surface area contributed by atoms with Crippen molar-refractivity contribution in [1.29, 1.82) is 5.26 Å². The van der Waals surface area contributed by atoms with Crippen molar-refractivity contribution in [3.63, 3.8) is 0 Å². The molecule has 3 aromatic carbocycles. The van der Waals surface area contributed by atoms with E-state index in [9.17, 15) is 4.79 Å². The number of quaternary nitrogens is 1. The number of nitriles is 1. The number of hydrazine groups is 1. The Balaban J connectivity index is 1.56. The number of hydroxylamine groups is 2. The molecule has 0 aliphatic rings. The molecule has 2 N–H and O–H groups in total. The molecule has 0 spiro atoms. The Morgan fingerprint density at radius 1 is 0.810 bits per heavy atom. The SMILES string of the molecule is CC(C)[N+](OCCC#N)(POCCCCCC(=O)NNC(c1ccccc1)(c1ccccc1)c1ccccc1)C(C)C. The van der Waals surface area contributed by atoms with Gasteiger partial charge in [-0.05, 0) is 57.2 Å². The van der Waals surface area contributed by atoms with Gasteiger partial charge in [-0.1, -0.05) is 97.4 Å². The Labute approximate surface area is 253 Å². The minimum absolute atomic E-state index is 0.0499. The van der Waals surface area contributed by atoms with E-state index in [-0.39, 0.29) is 26.9 Å². The van der Waals surface area contributed by atoms with Crippen LogP contribution in [0, 0.1) is 11.3 Å². The molecule has 3 rings (SSSR count). The number of carbonyl (C=O) groups excluding carboxylic acids is 1. The first kappa shape index (κ1) is 33.4. The number of nitrogens with zero attached hydrogens (tertiary/aromatic N) is 2. The Morgan fingerprint density at radius 3 is 1.76 bits per heavy atom. The van der Waals surface area contributed by atoms with Crippen LogP contribution in [0.15, 0.2) is 91.0 Å². The van der Waals surface area contributed by atoms with Gasteiger partial charge in [-0.15, -0.1) is 4.42 Å². The van der Waals surface area contributed by atoms with E-state index in [1.807, 2.05) is 54.6 Å². The molecule has 0 saturated carbocycles. The van der Waals surface area contributed by atoms with Gasteiger partial charge in [0.25, 0.3) is 8.96 Å². The zero-order valence-corrected chi connectivity index (χ0v) is 26.4. The van der Waals surface area contributed by atoms with E-state index in [1.54, 1.807) is 0 Å². The molecule has 7 nitrogen and oxygen atoms in total. The largest absolute Gasteiger partial charge is 0.311 e. The lowest BCUT2D eigenvalue weighted by molar-refractivity contribution is -1.04. The van der Waals surface area contributed by atoms with E-state index in [4.69, 9.17) is 14.6 Å². The summed E-state index contributed by atoms with van der Waals surface area (Å²) >= 11 is 0. The lowest BCUT2D eigenvalue weighted by Crippen LogP contribution is -2.53. The molecule has 0 fully saturated rings. The highest BCUT2D eigenvalue weighted by Gasteiger charge is 2.39. The molecule has 8 heteroatoms. The molecular formula is C34H46N4O3P+. The van der Waals surface area contributed by atoms with Crippen LogP contribution in [0.1, 0.15) is 76.5 Å². The van der Waals surface area contributed by atoms with Gasteiger partial charge < -0.3 is 4.52 Å². The van der Waals surface area contributed by atoms with Crippen molar-refractivity contribution in [1.82, 2.24) is 10.9 Å². The average Bonchev–Trinajstić information content (AvgIpc) is 3.01. The topological polar surface area (TPSA) is 83.4 Å². The van der Waals surface area contributed by atoms with Gasteiger partial charge >= 0.3 is 0 Å². The predicted octanol–water partition coefficient (Wildman–Crippen LogP) is 7.16. The molecule has 1 atom stereocenters. The highest BCUT2D eigenvalue weighted by molar-refractivity contribution is 7.25.